The normalized spacial score (nSPS) is 22.3. The highest BCUT2D eigenvalue weighted by atomic mass is 32.2. The van der Waals surface area contributed by atoms with Crippen molar-refractivity contribution in [2.75, 3.05) is 39.3 Å². The molecule has 3 heterocycles. The van der Waals surface area contributed by atoms with Gasteiger partial charge in [0.1, 0.15) is 0 Å². The minimum absolute atomic E-state index is 0. The number of likely N-dealkylation sites (tertiary alicyclic amines) is 1. The van der Waals surface area contributed by atoms with Gasteiger partial charge in [0, 0.05) is 40.7 Å². The summed E-state index contributed by atoms with van der Waals surface area (Å²) in [4.78, 5) is 24.4. The number of halogens is 2. The van der Waals surface area contributed by atoms with E-state index in [2.05, 4.69) is 11.4 Å². The van der Waals surface area contributed by atoms with Gasteiger partial charge in [-0.2, -0.15) is 22.3 Å². The monoisotopic (exact) mass is 513 g/mol. The highest BCUT2D eigenvalue weighted by molar-refractivity contribution is 7.86. The molecule has 3 aliphatic heterocycles. The lowest BCUT2D eigenvalue weighted by atomic mass is 9.98. The van der Waals surface area contributed by atoms with E-state index in [0.717, 1.165) is 50.9 Å². The zero-order valence-electron chi connectivity index (χ0n) is 19.7. The highest BCUT2D eigenvalue weighted by Gasteiger charge is 2.42. The molecule has 0 spiro atoms. The number of amides is 2. The number of carbonyl (C=O) groups excluding carboxylic acids is 2. The van der Waals surface area contributed by atoms with E-state index in [1.54, 1.807) is 6.92 Å². The molecule has 0 radical (unpaired) electrons. The van der Waals surface area contributed by atoms with E-state index >= 15 is 0 Å². The molecule has 1 aromatic carbocycles. The third kappa shape index (κ3) is 6.54. The molecule has 1 aromatic rings. The van der Waals surface area contributed by atoms with Gasteiger partial charge in [-0.05, 0) is 50.3 Å². The molecule has 3 fully saturated rings. The van der Waals surface area contributed by atoms with Crippen LogP contribution in [0.3, 0.4) is 0 Å². The number of rotatable bonds is 6. The molecule has 0 bridgehead atoms. The van der Waals surface area contributed by atoms with Crippen LogP contribution < -0.4 is 5.32 Å². The Morgan fingerprint density at radius 3 is 2.43 bits per heavy atom. The van der Waals surface area contributed by atoms with Crippen LogP contribution in [-0.2, 0) is 19.8 Å². The smallest absolute Gasteiger partial charge is 0.282 e. The third-order valence-corrected chi connectivity index (χ3v) is 8.53. The Kier molecular flexibility index (Phi) is 9.15. The zero-order chi connectivity index (χ0) is 25.6. The molecular weight excluding hydrogens is 480 g/mol. The second-order valence-corrected chi connectivity index (χ2v) is 11.0. The van der Waals surface area contributed by atoms with Gasteiger partial charge in [-0.25, -0.2) is 8.78 Å². The van der Waals surface area contributed by atoms with Crippen molar-refractivity contribution >= 4 is 22.5 Å². The van der Waals surface area contributed by atoms with Gasteiger partial charge in [0.25, 0.3) is 10.2 Å². The Balaban J connectivity index is 0.000000281. The first-order valence-corrected chi connectivity index (χ1v) is 13.1. The van der Waals surface area contributed by atoms with Gasteiger partial charge in [0.2, 0.25) is 12.3 Å². The standard InChI is InChI=1S/C14H22N4O3S.C9H9F2NO.H2/c15-8-12-9-18(10-12)22(20,21)17-7-3-4-13(11-17)14(19)16-5-1-2-6-16;1-6(12-5-13)7-2-3-8(10)9(11)4-7;/h12-13H,1-7,9-11H2;2-6H,1H3,(H,12,13);1H/t13-;6-;/m01./s1. The van der Waals surface area contributed by atoms with E-state index in [-0.39, 0.29) is 44.8 Å². The van der Waals surface area contributed by atoms with Crippen LogP contribution in [0.5, 0.6) is 0 Å². The Morgan fingerprint density at radius 2 is 1.83 bits per heavy atom. The first-order chi connectivity index (χ1) is 16.7. The first-order valence-electron chi connectivity index (χ1n) is 11.8. The van der Waals surface area contributed by atoms with E-state index in [0.29, 0.717) is 18.5 Å². The Morgan fingerprint density at radius 1 is 1.14 bits per heavy atom. The summed E-state index contributed by atoms with van der Waals surface area (Å²) in [5.74, 6) is -2.09. The van der Waals surface area contributed by atoms with Crippen molar-refractivity contribution in [1.29, 1.82) is 5.26 Å². The topological polar surface area (TPSA) is 114 Å². The molecule has 3 aliphatic rings. The number of hydrogen-bond donors (Lipinski definition) is 1. The van der Waals surface area contributed by atoms with Crippen molar-refractivity contribution in [2.24, 2.45) is 11.8 Å². The van der Waals surface area contributed by atoms with Gasteiger partial charge in [-0.15, -0.1) is 0 Å². The summed E-state index contributed by atoms with van der Waals surface area (Å²) in [6.45, 7) is 4.60. The van der Waals surface area contributed by atoms with E-state index in [9.17, 15) is 26.8 Å². The summed E-state index contributed by atoms with van der Waals surface area (Å²) in [5.41, 5.74) is 0.533. The predicted molar refractivity (Wildman–Crippen MR) is 126 cm³/mol. The molecule has 3 saturated heterocycles. The summed E-state index contributed by atoms with van der Waals surface area (Å²) < 4.78 is 53.0. The van der Waals surface area contributed by atoms with Crippen LogP contribution in [0.2, 0.25) is 0 Å². The fourth-order valence-electron chi connectivity index (χ4n) is 4.40. The molecular formula is C23H33F2N5O4S. The number of benzene rings is 1. The Hall–Kier alpha value is -2.62. The zero-order valence-corrected chi connectivity index (χ0v) is 20.5. The molecule has 0 aliphatic carbocycles. The number of nitrogens with one attached hydrogen (secondary N) is 1. The summed E-state index contributed by atoms with van der Waals surface area (Å²) in [5, 5.41) is 11.2. The van der Waals surface area contributed by atoms with Crippen molar-refractivity contribution in [3.05, 3.63) is 35.4 Å². The number of carbonyl (C=O) groups is 2. The maximum atomic E-state index is 12.7. The van der Waals surface area contributed by atoms with Crippen molar-refractivity contribution in [3.8, 4) is 6.07 Å². The maximum Gasteiger partial charge on any atom is 0.282 e. The summed E-state index contributed by atoms with van der Waals surface area (Å²) >= 11 is 0. The molecule has 2 atom stereocenters. The van der Waals surface area contributed by atoms with Crippen LogP contribution in [0.4, 0.5) is 8.78 Å². The fourth-order valence-corrected chi connectivity index (χ4v) is 6.19. The van der Waals surface area contributed by atoms with E-state index in [1.807, 2.05) is 4.90 Å². The average molecular weight is 514 g/mol. The van der Waals surface area contributed by atoms with E-state index in [1.165, 1.54) is 14.7 Å². The minimum atomic E-state index is -3.51. The summed E-state index contributed by atoms with van der Waals surface area (Å²) in [7, 11) is -3.51. The number of piperidine rings is 1. The van der Waals surface area contributed by atoms with Gasteiger partial charge in [0.15, 0.2) is 11.6 Å². The van der Waals surface area contributed by atoms with Gasteiger partial charge in [0.05, 0.1) is 23.9 Å². The molecule has 1 N–H and O–H groups in total. The maximum absolute atomic E-state index is 12.7. The van der Waals surface area contributed by atoms with Gasteiger partial charge < -0.3 is 10.2 Å². The second kappa shape index (κ2) is 11.9. The summed E-state index contributed by atoms with van der Waals surface area (Å²) in [6.07, 6.45) is 4.10. The molecule has 0 unspecified atom stereocenters. The van der Waals surface area contributed by atoms with Gasteiger partial charge in [-0.3, -0.25) is 9.59 Å². The molecule has 4 rings (SSSR count). The molecule has 0 saturated carbocycles. The predicted octanol–water partition coefficient (Wildman–Crippen LogP) is 2.04. The first kappa shape index (κ1) is 27.0. The van der Waals surface area contributed by atoms with Gasteiger partial charge >= 0.3 is 0 Å². The van der Waals surface area contributed by atoms with Crippen LogP contribution in [0.25, 0.3) is 0 Å². The molecule has 9 nitrogen and oxygen atoms in total. The molecule has 35 heavy (non-hydrogen) atoms. The summed E-state index contributed by atoms with van der Waals surface area (Å²) in [6, 6.07) is 5.30. The van der Waals surface area contributed by atoms with Crippen molar-refractivity contribution in [3.63, 3.8) is 0 Å². The van der Waals surface area contributed by atoms with Crippen LogP contribution in [0.15, 0.2) is 18.2 Å². The fraction of sp³-hybridized carbons (Fsp3) is 0.609. The Labute approximate surface area is 206 Å². The van der Waals surface area contributed by atoms with Crippen molar-refractivity contribution < 1.29 is 28.2 Å². The molecule has 2 amide bonds. The number of hydrogen-bond acceptors (Lipinski definition) is 5. The average Bonchev–Trinajstić information content (AvgIpc) is 3.35. The highest BCUT2D eigenvalue weighted by Crippen LogP contribution is 2.27. The lowest BCUT2D eigenvalue weighted by Gasteiger charge is -2.40. The molecule has 12 heteroatoms. The number of nitrogens with zero attached hydrogens (tertiary/aromatic N) is 4. The Bertz CT molecular complexity index is 1060. The van der Waals surface area contributed by atoms with Crippen LogP contribution in [0.1, 0.15) is 45.6 Å². The van der Waals surface area contributed by atoms with Crippen LogP contribution >= 0.6 is 0 Å². The van der Waals surface area contributed by atoms with Gasteiger partial charge in [-0.1, -0.05) is 6.07 Å². The van der Waals surface area contributed by atoms with Crippen molar-refractivity contribution in [1.82, 2.24) is 18.8 Å². The quantitative estimate of drug-likeness (QED) is 0.585. The number of nitriles is 1. The minimum Gasteiger partial charge on any atom is -0.352 e. The lowest BCUT2D eigenvalue weighted by Crippen LogP contribution is -2.57. The third-order valence-electron chi connectivity index (χ3n) is 6.60. The van der Waals surface area contributed by atoms with E-state index in [4.69, 9.17) is 5.26 Å². The van der Waals surface area contributed by atoms with Crippen LogP contribution in [-0.4, -0.2) is 73.5 Å². The second-order valence-electron chi connectivity index (χ2n) is 9.06. The SMILES string of the molecule is C[C@@H](NC=O)c1ccc(F)c(F)c1.N#CC1CN(S(=O)(=O)N2CCC[C@H](C(=O)N3CCCC3)C2)C1.[HH]. The van der Waals surface area contributed by atoms with Crippen molar-refractivity contribution in [2.45, 2.75) is 38.6 Å². The lowest BCUT2D eigenvalue weighted by molar-refractivity contribution is -0.135. The van der Waals surface area contributed by atoms with Crippen LogP contribution in [0, 0.1) is 34.8 Å². The van der Waals surface area contributed by atoms with E-state index < -0.39 is 21.8 Å². The largest absolute Gasteiger partial charge is 0.352 e. The molecule has 194 valence electrons. The molecule has 0 aromatic heterocycles.